The van der Waals surface area contributed by atoms with Gasteiger partial charge in [-0.3, -0.25) is 0 Å². The Morgan fingerprint density at radius 1 is 1.44 bits per heavy atom. The standard InChI is InChI=1S/C12H13ClN2O/c1-2-11-14-6-7-15(11)12-9(8-16)4-3-5-10(12)13/h3-7,16H,2,8H2,1H3. The van der Waals surface area contributed by atoms with Gasteiger partial charge >= 0.3 is 0 Å². The van der Waals surface area contributed by atoms with Crippen LogP contribution in [0.5, 0.6) is 0 Å². The Morgan fingerprint density at radius 2 is 2.25 bits per heavy atom. The molecule has 3 nitrogen and oxygen atoms in total. The quantitative estimate of drug-likeness (QED) is 0.890. The number of para-hydroxylation sites is 1. The van der Waals surface area contributed by atoms with Gasteiger partial charge in [0.2, 0.25) is 0 Å². The molecule has 0 aliphatic rings. The van der Waals surface area contributed by atoms with Crippen molar-refractivity contribution in [3.05, 3.63) is 47.0 Å². The number of aromatic nitrogens is 2. The highest BCUT2D eigenvalue weighted by Crippen LogP contribution is 2.25. The molecule has 0 aliphatic carbocycles. The van der Waals surface area contributed by atoms with E-state index in [0.29, 0.717) is 5.02 Å². The molecule has 0 aliphatic heterocycles. The molecule has 1 N–H and O–H groups in total. The van der Waals surface area contributed by atoms with Crippen molar-refractivity contribution in [2.24, 2.45) is 0 Å². The van der Waals surface area contributed by atoms with E-state index >= 15 is 0 Å². The third kappa shape index (κ3) is 1.84. The average Bonchev–Trinajstić information content (AvgIpc) is 2.76. The molecule has 0 radical (unpaired) electrons. The molecule has 0 spiro atoms. The lowest BCUT2D eigenvalue weighted by Crippen LogP contribution is -2.03. The van der Waals surface area contributed by atoms with Crippen LogP contribution < -0.4 is 0 Å². The highest BCUT2D eigenvalue weighted by atomic mass is 35.5. The van der Waals surface area contributed by atoms with Crippen LogP contribution in [0.1, 0.15) is 18.3 Å². The van der Waals surface area contributed by atoms with E-state index in [9.17, 15) is 5.11 Å². The van der Waals surface area contributed by atoms with Gasteiger partial charge in [0, 0.05) is 24.4 Å². The smallest absolute Gasteiger partial charge is 0.112 e. The third-order valence-electron chi connectivity index (χ3n) is 2.52. The number of aliphatic hydroxyl groups is 1. The Bertz CT molecular complexity index is 494. The maximum Gasteiger partial charge on any atom is 0.112 e. The fraction of sp³-hybridized carbons (Fsp3) is 0.250. The van der Waals surface area contributed by atoms with Gasteiger partial charge in [0.1, 0.15) is 5.82 Å². The lowest BCUT2D eigenvalue weighted by Gasteiger charge is -2.12. The summed E-state index contributed by atoms with van der Waals surface area (Å²) < 4.78 is 1.92. The highest BCUT2D eigenvalue weighted by molar-refractivity contribution is 6.32. The molecule has 2 aromatic rings. The average molecular weight is 237 g/mol. The summed E-state index contributed by atoms with van der Waals surface area (Å²) in [5.41, 5.74) is 1.63. The second-order valence-electron chi connectivity index (χ2n) is 3.47. The SMILES string of the molecule is CCc1nccn1-c1c(Cl)cccc1CO. The van der Waals surface area contributed by atoms with Gasteiger partial charge in [-0.2, -0.15) is 0 Å². The van der Waals surface area contributed by atoms with Crippen LogP contribution in [0.15, 0.2) is 30.6 Å². The van der Waals surface area contributed by atoms with Gasteiger partial charge in [-0.25, -0.2) is 4.98 Å². The van der Waals surface area contributed by atoms with Crippen molar-refractivity contribution in [1.29, 1.82) is 0 Å². The van der Waals surface area contributed by atoms with Gasteiger partial charge in [0.25, 0.3) is 0 Å². The van der Waals surface area contributed by atoms with Crippen LogP contribution in [0.3, 0.4) is 0 Å². The summed E-state index contributed by atoms with van der Waals surface area (Å²) in [6, 6.07) is 5.51. The maximum atomic E-state index is 9.31. The molecule has 0 unspecified atom stereocenters. The number of hydrogen-bond acceptors (Lipinski definition) is 2. The first-order valence-electron chi connectivity index (χ1n) is 5.18. The number of aliphatic hydroxyl groups excluding tert-OH is 1. The summed E-state index contributed by atoms with van der Waals surface area (Å²) in [4.78, 5) is 4.25. The Hall–Kier alpha value is -1.32. The molecule has 0 saturated heterocycles. The van der Waals surface area contributed by atoms with Gasteiger partial charge in [0.15, 0.2) is 0 Å². The van der Waals surface area contributed by atoms with E-state index < -0.39 is 0 Å². The van der Waals surface area contributed by atoms with Crippen LogP contribution >= 0.6 is 11.6 Å². The second-order valence-corrected chi connectivity index (χ2v) is 3.88. The van der Waals surface area contributed by atoms with E-state index in [-0.39, 0.29) is 6.61 Å². The van der Waals surface area contributed by atoms with E-state index in [4.69, 9.17) is 11.6 Å². The van der Waals surface area contributed by atoms with Crippen molar-refractivity contribution in [2.75, 3.05) is 0 Å². The minimum absolute atomic E-state index is 0.0305. The van der Waals surface area contributed by atoms with Crippen LogP contribution in [-0.4, -0.2) is 14.7 Å². The zero-order valence-electron chi connectivity index (χ0n) is 9.02. The number of nitrogens with zero attached hydrogens (tertiary/aromatic N) is 2. The number of benzene rings is 1. The zero-order valence-corrected chi connectivity index (χ0v) is 9.78. The van der Waals surface area contributed by atoms with Gasteiger partial charge in [-0.05, 0) is 6.07 Å². The van der Waals surface area contributed by atoms with Crippen molar-refractivity contribution < 1.29 is 5.11 Å². The summed E-state index contributed by atoms with van der Waals surface area (Å²) in [6.07, 6.45) is 4.42. The molecule has 84 valence electrons. The van der Waals surface area contributed by atoms with Crippen molar-refractivity contribution in [2.45, 2.75) is 20.0 Å². The lowest BCUT2D eigenvalue weighted by atomic mass is 10.2. The van der Waals surface area contributed by atoms with Crippen LogP contribution in [0.25, 0.3) is 5.69 Å². The second kappa shape index (κ2) is 4.68. The van der Waals surface area contributed by atoms with Gasteiger partial charge in [-0.15, -0.1) is 0 Å². The van der Waals surface area contributed by atoms with E-state index in [2.05, 4.69) is 4.98 Å². The molecule has 1 aromatic heterocycles. The number of rotatable bonds is 3. The predicted octanol–water partition coefficient (Wildman–Crippen LogP) is 2.58. The van der Waals surface area contributed by atoms with E-state index in [1.54, 1.807) is 6.20 Å². The van der Waals surface area contributed by atoms with Gasteiger partial charge < -0.3 is 9.67 Å². The number of halogens is 1. The summed E-state index contributed by atoms with van der Waals surface area (Å²) in [5.74, 6) is 0.933. The summed E-state index contributed by atoms with van der Waals surface area (Å²) in [7, 11) is 0. The van der Waals surface area contributed by atoms with Crippen LogP contribution in [0, 0.1) is 0 Å². The van der Waals surface area contributed by atoms with Gasteiger partial charge in [0.05, 0.1) is 17.3 Å². The molecule has 1 heterocycles. The molecule has 0 amide bonds. The number of hydrogen-bond donors (Lipinski definition) is 1. The Labute approximate surface area is 99.3 Å². The maximum absolute atomic E-state index is 9.31. The molecule has 16 heavy (non-hydrogen) atoms. The Morgan fingerprint density at radius 3 is 2.94 bits per heavy atom. The molecular formula is C12H13ClN2O. The number of aryl methyl sites for hydroxylation is 1. The highest BCUT2D eigenvalue weighted by Gasteiger charge is 2.11. The van der Waals surface area contributed by atoms with E-state index in [1.807, 2.05) is 35.9 Å². The first-order valence-corrected chi connectivity index (χ1v) is 5.56. The molecular weight excluding hydrogens is 224 g/mol. The Kier molecular flexibility index (Phi) is 3.27. The van der Waals surface area contributed by atoms with Crippen LogP contribution in [0.4, 0.5) is 0 Å². The topological polar surface area (TPSA) is 38.0 Å². The molecule has 1 aromatic carbocycles. The van der Waals surface area contributed by atoms with Crippen molar-refractivity contribution in [1.82, 2.24) is 9.55 Å². The van der Waals surface area contributed by atoms with Crippen molar-refractivity contribution in [3.8, 4) is 5.69 Å². The monoisotopic (exact) mass is 236 g/mol. The zero-order chi connectivity index (χ0) is 11.5. The van der Waals surface area contributed by atoms with E-state index in [1.165, 1.54) is 0 Å². The molecule has 4 heteroatoms. The molecule has 0 fully saturated rings. The summed E-state index contributed by atoms with van der Waals surface area (Å²) >= 11 is 6.17. The minimum atomic E-state index is -0.0305. The van der Waals surface area contributed by atoms with Crippen LogP contribution in [0.2, 0.25) is 5.02 Å². The molecule has 0 saturated carbocycles. The summed E-state index contributed by atoms with van der Waals surface area (Å²) in [5, 5.41) is 9.94. The fourth-order valence-electron chi connectivity index (χ4n) is 1.76. The fourth-order valence-corrected chi connectivity index (χ4v) is 2.04. The predicted molar refractivity (Wildman–Crippen MR) is 63.9 cm³/mol. The normalized spacial score (nSPS) is 10.7. The van der Waals surface area contributed by atoms with Gasteiger partial charge in [-0.1, -0.05) is 30.7 Å². The molecule has 0 bridgehead atoms. The lowest BCUT2D eigenvalue weighted by molar-refractivity contribution is 0.281. The molecule has 0 atom stereocenters. The number of imidazole rings is 1. The molecule has 2 rings (SSSR count). The van der Waals surface area contributed by atoms with E-state index in [0.717, 1.165) is 23.5 Å². The minimum Gasteiger partial charge on any atom is -0.392 e. The Balaban J connectivity index is 2.63. The largest absolute Gasteiger partial charge is 0.392 e. The van der Waals surface area contributed by atoms with Crippen molar-refractivity contribution >= 4 is 11.6 Å². The summed E-state index contributed by atoms with van der Waals surface area (Å²) in [6.45, 7) is 2.01. The van der Waals surface area contributed by atoms with Crippen molar-refractivity contribution in [3.63, 3.8) is 0 Å². The third-order valence-corrected chi connectivity index (χ3v) is 2.82. The first kappa shape index (κ1) is 11.2. The van der Waals surface area contributed by atoms with Crippen LogP contribution in [-0.2, 0) is 13.0 Å². The first-order chi connectivity index (χ1) is 7.77.